The highest BCUT2D eigenvalue weighted by molar-refractivity contribution is 9.10. The Labute approximate surface area is 151 Å². The van der Waals surface area contributed by atoms with Gasteiger partial charge in [0, 0.05) is 22.9 Å². The van der Waals surface area contributed by atoms with E-state index in [2.05, 4.69) is 32.6 Å². The second-order valence-corrected chi connectivity index (χ2v) is 7.92. The molecule has 0 bridgehead atoms. The fourth-order valence-electron chi connectivity index (χ4n) is 3.89. The van der Waals surface area contributed by atoms with Crippen LogP contribution in [-0.2, 0) is 16.0 Å². The summed E-state index contributed by atoms with van der Waals surface area (Å²) in [6.45, 7) is 1.91. The smallest absolute Gasteiger partial charge is 0.223 e. The van der Waals surface area contributed by atoms with Gasteiger partial charge < -0.3 is 10.6 Å². The first-order valence-corrected chi connectivity index (χ1v) is 9.71. The Morgan fingerprint density at radius 1 is 1.25 bits per heavy atom. The number of halogens is 1. The van der Waals surface area contributed by atoms with E-state index < -0.39 is 0 Å². The van der Waals surface area contributed by atoms with Crippen molar-refractivity contribution < 1.29 is 9.59 Å². The van der Waals surface area contributed by atoms with Gasteiger partial charge in [0.2, 0.25) is 11.8 Å². The van der Waals surface area contributed by atoms with Gasteiger partial charge in [-0.2, -0.15) is 0 Å². The molecule has 0 aliphatic heterocycles. The van der Waals surface area contributed by atoms with Crippen molar-refractivity contribution >= 4 is 27.7 Å². The topological polar surface area (TPSA) is 58.2 Å². The summed E-state index contributed by atoms with van der Waals surface area (Å²) < 4.78 is 1.12. The molecule has 0 radical (unpaired) electrons. The monoisotopic (exact) mass is 392 g/mol. The maximum absolute atomic E-state index is 12.3. The van der Waals surface area contributed by atoms with Gasteiger partial charge in [-0.25, -0.2) is 0 Å². The van der Waals surface area contributed by atoms with Crippen molar-refractivity contribution in [1.29, 1.82) is 0 Å². The van der Waals surface area contributed by atoms with Crippen LogP contribution in [0.25, 0.3) is 0 Å². The lowest BCUT2D eigenvalue weighted by Gasteiger charge is -2.19. The molecule has 0 spiro atoms. The lowest BCUT2D eigenvalue weighted by Crippen LogP contribution is -2.40. The third kappa shape index (κ3) is 4.00. The van der Waals surface area contributed by atoms with Crippen molar-refractivity contribution in [3.63, 3.8) is 0 Å². The first-order valence-electron chi connectivity index (χ1n) is 8.91. The standard InChI is InChI=1S/C19H25BrN2O2/c1-12(21-19(24)13-5-2-3-6-13)11-18(23)22-17-10-9-14-15(17)7-4-8-16(14)20/h4,7-8,12-13,17H,2-3,5-6,9-11H2,1H3,(H,21,24)(H,22,23). The van der Waals surface area contributed by atoms with E-state index in [9.17, 15) is 9.59 Å². The number of fused-ring (bicyclic) bond motifs is 1. The van der Waals surface area contributed by atoms with Gasteiger partial charge in [0.25, 0.3) is 0 Å². The molecule has 1 saturated carbocycles. The molecule has 5 heteroatoms. The first kappa shape index (κ1) is 17.5. The van der Waals surface area contributed by atoms with Gasteiger partial charge in [0.1, 0.15) is 0 Å². The van der Waals surface area contributed by atoms with Crippen LogP contribution < -0.4 is 10.6 Å². The molecule has 3 rings (SSSR count). The highest BCUT2D eigenvalue weighted by atomic mass is 79.9. The molecule has 0 saturated heterocycles. The Hall–Kier alpha value is -1.36. The van der Waals surface area contributed by atoms with Crippen LogP contribution in [0.3, 0.4) is 0 Å². The van der Waals surface area contributed by atoms with E-state index in [-0.39, 0.29) is 29.8 Å². The molecule has 2 amide bonds. The normalized spacial score (nSPS) is 21.3. The van der Waals surface area contributed by atoms with Crippen LogP contribution in [0.15, 0.2) is 22.7 Å². The molecule has 2 aliphatic rings. The van der Waals surface area contributed by atoms with Gasteiger partial charge in [-0.1, -0.05) is 40.9 Å². The second-order valence-electron chi connectivity index (χ2n) is 7.06. The number of carbonyl (C=O) groups is 2. The third-order valence-electron chi connectivity index (χ3n) is 5.15. The molecular formula is C19H25BrN2O2. The number of hydrogen-bond donors (Lipinski definition) is 2. The molecular weight excluding hydrogens is 368 g/mol. The number of hydrogen-bond acceptors (Lipinski definition) is 2. The van der Waals surface area contributed by atoms with E-state index in [0.717, 1.165) is 43.0 Å². The Balaban J connectivity index is 1.49. The zero-order valence-electron chi connectivity index (χ0n) is 14.1. The molecule has 2 atom stereocenters. The van der Waals surface area contributed by atoms with Gasteiger partial charge in [0.05, 0.1) is 6.04 Å². The maximum atomic E-state index is 12.3. The number of carbonyl (C=O) groups excluding carboxylic acids is 2. The van der Waals surface area contributed by atoms with E-state index in [4.69, 9.17) is 0 Å². The fourth-order valence-corrected chi connectivity index (χ4v) is 4.47. The molecule has 1 fully saturated rings. The predicted octanol–water partition coefficient (Wildman–Crippen LogP) is 3.64. The summed E-state index contributed by atoms with van der Waals surface area (Å²) in [5.41, 5.74) is 2.51. The number of amides is 2. The molecule has 1 aromatic carbocycles. The largest absolute Gasteiger partial charge is 0.353 e. The number of rotatable bonds is 5. The maximum Gasteiger partial charge on any atom is 0.223 e. The fraction of sp³-hybridized carbons (Fsp3) is 0.579. The van der Waals surface area contributed by atoms with Gasteiger partial charge in [0.15, 0.2) is 0 Å². The van der Waals surface area contributed by atoms with Crippen molar-refractivity contribution in [2.45, 2.75) is 64.0 Å². The molecule has 2 unspecified atom stereocenters. The lowest BCUT2D eigenvalue weighted by molar-refractivity contribution is -0.126. The molecule has 2 N–H and O–H groups in total. The third-order valence-corrected chi connectivity index (χ3v) is 5.90. The van der Waals surface area contributed by atoms with Gasteiger partial charge >= 0.3 is 0 Å². The van der Waals surface area contributed by atoms with E-state index in [1.54, 1.807) is 0 Å². The summed E-state index contributed by atoms with van der Waals surface area (Å²) in [5, 5.41) is 6.12. The summed E-state index contributed by atoms with van der Waals surface area (Å²) in [4.78, 5) is 24.5. The molecule has 130 valence electrons. The van der Waals surface area contributed by atoms with Crippen LogP contribution in [0, 0.1) is 5.92 Å². The zero-order valence-corrected chi connectivity index (χ0v) is 15.7. The number of nitrogens with one attached hydrogen (secondary N) is 2. The Kier molecular flexibility index (Phi) is 5.59. The van der Waals surface area contributed by atoms with Crippen LogP contribution in [-0.4, -0.2) is 17.9 Å². The lowest BCUT2D eigenvalue weighted by atomic mass is 10.1. The van der Waals surface area contributed by atoms with Crippen molar-refractivity contribution in [2.75, 3.05) is 0 Å². The minimum Gasteiger partial charge on any atom is -0.353 e. The van der Waals surface area contributed by atoms with E-state index in [1.165, 1.54) is 11.1 Å². The van der Waals surface area contributed by atoms with Crippen LogP contribution in [0.2, 0.25) is 0 Å². The summed E-state index contributed by atoms with van der Waals surface area (Å²) in [5.74, 6) is 0.268. The van der Waals surface area contributed by atoms with Gasteiger partial charge in [-0.05, 0) is 49.8 Å². The van der Waals surface area contributed by atoms with Crippen molar-refractivity contribution in [3.8, 4) is 0 Å². The average molecular weight is 393 g/mol. The molecule has 0 aromatic heterocycles. The quantitative estimate of drug-likeness (QED) is 0.803. The SMILES string of the molecule is CC(CC(=O)NC1CCc2c(Br)cccc21)NC(=O)C1CCCC1. The highest BCUT2D eigenvalue weighted by Gasteiger charge is 2.27. The summed E-state index contributed by atoms with van der Waals surface area (Å²) >= 11 is 3.58. The first-order chi connectivity index (χ1) is 11.5. The van der Waals surface area contributed by atoms with Gasteiger partial charge in [-0.15, -0.1) is 0 Å². The molecule has 2 aliphatic carbocycles. The van der Waals surface area contributed by atoms with Crippen LogP contribution >= 0.6 is 15.9 Å². The molecule has 1 aromatic rings. The highest BCUT2D eigenvalue weighted by Crippen LogP contribution is 2.35. The average Bonchev–Trinajstić information content (AvgIpc) is 3.18. The van der Waals surface area contributed by atoms with Crippen LogP contribution in [0.5, 0.6) is 0 Å². The number of benzene rings is 1. The van der Waals surface area contributed by atoms with E-state index >= 15 is 0 Å². The van der Waals surface area contributed by atoms with Gasteiger partial charge in [-0.3, -0.25) is 9.59 Å². The molecule has 4 nitrogen and oxygen atoms in total. The minimum atomic E-state index is -0.124. The summed E-state index contributed by atoms with van der Waals surface area (Å²) in [6, 6.07) is 6.11. The Morgan fingerprint density at radius 3 is 2.75 bits per heavy atom. The second kappa shape index (κ2) is 7.68. The summed E-state index contributed by atoms with van der Waals surface area (Å²) in [7, 11) is 0. The Morgan fingerprint density at radius 2 is 2.00 bits per heavy atom. The Bertz CT molecular complexity index is 626. The van der Waals surface area contributed by atoms with Crippen molar-refractivity contribution in [3.05, 3.63) is 33.8 Å². The molecule has 0 heterocycles. The predicted molar refractivity (Wildman–Crippen MR) is 97.5 cm³/mol. The van der Waals surface area contributed by atoms with E-state index in [0.29, 0.717) is 6.42 Å². The van der Waals surface area contributed by atoms with Crippen molar-refractivity contribution in [2.24, 2.45) is 5.92 Å². The van der Waals surface area contributed by atoms with Crippen LogP contribution in [0.1, 0.15) is 62.6 Å². The summed E-state index contributed by atoms with van der Waals surface area (Å²) in [6.07, 6.45) is 6.50. The van der Waals surface area contributed by atoms with Crippen molar-refractivity contribution in [1.82, 2.24) is 10.6 Å². The van der Waals surface area contributed by atoms with Crippen LogP contribution in [0.4, 0.5) is 0 Å². The molecule has 24 heavy (non-hydrogen) atoms. The zero-order chi connectivity index (χ0) is 17.1. The minimum absolute atomic E-state index is 0.00653. The van der Waals surface area contributed by atoms with E-state index in [1.807, 2.05) is 19.1 Å².